The van der Waals surface area contributed by atoms with E-state index in [9.17, 15) is 13.2 Å². The number of halogens is 3. The van der Waals surface area contributed by atoms with Gasteiger partial charge >= 0.3 is 6.18 Å². The van der Waals surface area contributed by atoms with Crippen LogP contribution in [0.1, 0.15) is 30.9 Å². The standard InChI is InChI=1S/C25H25F3N6O/c1-5-6-20(31-16(2)3)24-33-22(30-15-17-7-9-19(35-4)10-8-17)14-23(34-24)32-18-11-12-29-21(13-18)25(26,27)28/h5-14H,2,15H2,1,3-4H3,(H2,29,30,32,33,34)/b6-5-,31-20?. The van der Waals surface area contributed by atoms with E-state index in [0.29, 0.717) is 23.8 Å². The molecular formula is C25H25F3N6O. The number of nitrogens with zero attached hydrogens (tertiary/aromatic N) is 4. The van der Waals surface area contributed by atoms with E-state index in [1.165, 1.54) is 6.07 Å². The van der Waals surface area contributed by atoms with Crippen molar-refractivity contribution < 1.29 is 17.9 Å². The first kappa shape index (κ1) is 25.4. The lowest BCUT2D eigenvalue weighted by Gasteiger charge is -2.13. The Morgan fingerprint density at radius 3 is 2.46 bits per heavy atom. The van der Waals surface area contributed by atoms with Gasteiger partial charge in [-0.25, -0.2) is 9.97 Å². The van der Waals surface area contributed by atoms with Crippen LogP contribution in [-0.2, 0) is 12.7 Å². The number of hydrogen-bond acceptors (Lipinski definition) is 7. The maximum absolute atomic E-state index is 13.1. The number of benzene rings is 1. The van der Waals surface area contributed by atoms with Crippen LogP contribution in [0.15, 0.2) is 78.1 Å². The molecule has 0 radical (unpaired) electrons. The summed E-state index contributed by atoms with van der Waals surface area (Å²) in [6.07, 6.45) is 0.0418. The van der Waals surface area contributed by atoms with E-state index < -0.39 is 11.9 Å². The number of pyridine rings is 1. The monoisotopic (exact) mass is 482 g/mol. The van der Waals surface area contributed by atoms with Gasteiger partial charge in [0.2, 0.25) is 0 Å². The number of nitrogens with one attached hydrogen (secondary N) is 2. The van der Waals surface area contributed by atoms with Gasteiger partial charge in [-0.3, -0.25) is 9.98 Å². The molecule has 2 heterocycles. The SMILES string of the molecule is C=C(C)N=C(/C=C\C)c1nc(NCc2ccc(OC)cc2)cc(Nc2ccnc(C(F)(F)F)c2)n1. The molecule has 2 aromatic heterocycles. The number of allylic oxidation sites excluding steroid dienone is 3. The molecule has 3 rings (SSSR count). The van der Waals surface area contributed by atoms with E-state index >= 15 is 0 Å². The minimum absolute atomic E-state index is 0.183. The van der Waals surface area contributed by atoms with Gasteiger partial charge in [0.15, 0.2) is 5.82 Å². The normalized spacial score (nSPS) is 12.0. The number of methoxy groups -OCH3 is 1. The summed E-state index contributed by atoms with van der Waals surface area (Å²) in [5.74, 6) is 1.76. The van der Waals surface area contributed by atoms with Gasteiger partial charge < -0.3 is 15.4 Å². The fourth-order valence-corrected chi connectivity index (χ4v) is 2.99. The molecule has 182 valence electrons. The molecule has 0 aliphatic heterocycles. The van der Waals surface area contributed by atoms with Crippen molar-refractivity contribution in [2.24, 2.45) is 4.99 Å². The minimum atomic E-state index is -4.56. The summed E-state index contributed by atoms with van der Waals surface area (Å²) in [7, 11) is 1.60. The predicted molar refractivity (Wildman–Crippen MR) is 131 cm³/mol. The van der Waals surface area contributed by atoms with Crippen LogP contribution in [0.25, 0.3) is 0 Å². The molecule has 0 bridgehead atoms. The lowest BCUT2D eigenvalue weighted by atomic mass is 10.2. The summed E-state index contributed by atoms with van der Waals surface area (Å²) in [6, 6.07) is 11.5. The van der Waals surface area contributed by atoms with Crippen molar-refractivity contribution in [1.29, 1.82) is 0 Å². The second kappa shape index (κ2) is 11.3. The van der Waals surface area contributed by atoms with Crippen molar-refractivity contribution in [2.45, 2.75) is 26.6 Å². The molecular weight excluding hydrogens is 457 g/mol. The van der Waals surface area contributed by atoms with Crippen LogP contribution in [0, 0.1) is 0 Å². The third-order valence-electron chi connectivity index (χ3n) is 4.55. The highest BCUT2D eigenvalue weighted by molar-refractivity contribution is 6.07. The van der Waals surface area contributed by atoms with Crippen LogP contribution in [0.5, 0.6) is 5.75 Å². The van der Waals surface area contributed by atoms with E-state index in [1.807, 2.05) is 31.2 Å². The lowest BCUT2D eigenvalue weighted by molar-refractivity contribution is -0.141. The van der Waals surface area contributed by atoms with Gasteiger partial charge in [0.1, 0.15) is 28.8 Å². The number of aromatic nitrogens is 3. The summed E-state index contributed by atoms with van der Waals surface area (Å²) < 4.78 is 44.5. The first-order chi connectivity index (χ1) is 16.7. The highest BCUT2D eigenvalue weighted by atomic mass is 19.4. The van der Waals surface area contributed by atoms with Gasteiger partial charge in [-0.2, -0.15) is 13.2 Å². The molecule has 0 fully saturated rings. The zero-order valence-corrected chi connectivity index (χ0v) is 19.5. The topological polar surface area (TPSA) is 84.3 Å². The van der Waals surface area contributed by atoms with Crippen molar-refractivity contribution in [3.8, 4) is 5.75 Å². The number of hydrogen-bond donors (Lipinski definition) is 2. The number of rotatable bonds is 9. The van der Waals surface area contributed by atoms with Crippen molar-refractivity contribution in [3.05, 3.63) is 90.2 Å². The molecule has 0 spiro atoms. The van der Waals surface area contributed by atoms with Gasteiger partial charge in [0, 0.05) is 30.2 Å². The maximum atomic E-state index is 13.1. The Hall–Kier alpha value is -4.21. The van der Waals surface area contributed by atoms with E-state index in [2.05, 4.69) is 37.2 Å². The number of alkyl halides is 3. The van der Waals surface area contributed by atoms with Crippen molar-refractivity contribution in [3.63, 3.8) is 0 Å². The third kappa shape index (κ3) is 7.39. The average Bonchev–Trinajstić information content (AvgIpc) is 2.82. The molecule has 7 nitrogen and oxygen atoms in total. The van der Waals surface area contributed by atoms with E-state index in [-0.39, 0.29) is 17.3 Å². The van der Waals surface area contributed by atoms with Gasteiger partial charge in [-0.15, -0.1) is 0 Å². The molecule has 10 heteroatoms. The molecule has 0 amide bonds. The first-order valence-corrected chi connectivity index (χ1v) is 10.6. The molecule has 3 aromatic rings. The van der Waals surface area contributed by atoms with Crippen LogP contribution >= 0.6 is 0 Å². The largest absolute Gasteiger partial charge is 0.497 e. The number of aliphatic imine (C=N–C) groups is 1. The fourth-order valence-electron chi connectivity index (χ4n) is 2.99. The summed E-state index contributed by atoms with van der Waals surface area (Å²) in [5, 5.41) is 6.14. The number of ether oxygens (including phenoxy) is 1. The molecule has 2 N–H and O–H groups in total. The maximum Gasteiger partial charge on any atom is 0.433 e. The molecule has 35 heavy (non-hydrogen) atoms. The van der Waals surface area contributed by atoms with Crippen LogP contribution in [0.4, 0.5) is 30.5 Å². The van der Waals surface area contributed by atoms with Crippen LogP contribution in [-0.4, -0.2) is 27.8 Å². The van der Waals surface area contributed by atoms with E-state index in [0.717, 1.165) is 23.6 Å². The zero-order chi connectivity index (χ0) is 25.4. The number of anilines is 3. The Labute approximate surface area is 201 Å². The van der Waals surface area contributed by atoms with Gasteiger partial charge in [-0.05, 0) is 49.8 Å². The molecule has 0 saturated carbocycles. The summed E-state index contributed by atoms with van der Waals surface area (Å²) in [5.41, 5.74) is 1.17. The molecule has 0 aliphatic rings. The summed E-state index contributed by atoms with van der Waals surface area (Å²) >= 11 is 0. The Morgan fingerprint density at radius 2 is 1.83 bits per heavy atom. The van der Waals surface area contributed by atoms with Crippen LogP contribution in [0.3, 0.4) is 0 Å². The molecule has 0 unspecified atom stereocenters. The van der Waals surface area contributed by atoms with Gasteiger partial charge in [0.25, 0.3) is 0 Å². The third-order valence-corrected chi connectivity index (χ3v) is 4.55. The van der Waals surface area contributed by atoms with Gasteiger partial charge in [-0.1, -0.05) is 24.8 Å². The minimum Gasteiger partial charge on any atom is -0.497 e. The Bertz CT molecular complexity index is 1240. The Balaban J connectivity index is 1.96. The molecule has 0 atom stereocenters. The summed E-state index contributed by atoms with van der Waals surface area (Å²) in [6.45, 7) is 7.82. The van der Waals surface area contributed by atoms with Crippen LogP contribution in [0.2, 0.25) is 0 Å². The highest BCUT2D eigenvalue weighted by Crippen LogP contribution is 2.29. The fraction of sp³-hybridized carbons (Fsp3) is 0.200. The van der Waals surface area contributed by atoms with Crippen LogP contribution < -0.4 is 15.4 Å². The second-order valence-electron chi connectivity index (χ2n) is 7.45. The predicted octanol–water partition coefficient (Wildman–Crippen LogP) is 6.15. The first-order valence-electron chi connectivity index (χ1n) is 10.6. The highest BCUT2D eigenvalue weighted by Gasteiger charge is 2.32. The zero-order valence-electron chi connectivity index (χ0n) is 19.5. The van der Waals surface area contributed by atoms with Crippen molar-refractivity contribution in [1.82, 2.24) is 15.0 Å². The van der Waals surface area contributed by atoms with Crippen molar-refractivity contribution in [2.75, 3.05) is 17.7 Å². The Morgan fingerprint density at radius 1 is 1.11 bits per heavy atom. The van der Waals surface area contributed by atoms with Crippen molar-refractivity contribution >= 4 is 23.0 Å². The second-order valence-corrected chi connectivity index (χ2v) is 7.45. The average molecular weight is 483 g/mol. The quantitative estimate of drug-likeness (QED) is 0.356. The molecule has 0 aliphatic carbocycles. The van der Waals surface area contributed by atoms with Gasteiger partial charge in [0.05, 0.1) is 7.11 Å². The molecule has 1 aromatic carbocycles. The molecule has 0 saturated heterocycles. The summed E-state index contributed by atoms with van der Waals surface area (Å²) in [4.78, 5) is 16.8. The smallest absolute Gasteiger partial charge is 0.433 e. The van der Waals surface area contributed by atoms with E-state index in [1.54, 1.807) is 32.3 Å². The lowest BCUT2D eigenvalue weighted by Crippen LogP contribution is -2.11. The Kier molecular flexibility index (Phi) is 8.19. The van der Waals surface area contributed by atoms with E-state index in [4.69, 9.17) is 4.74 Å².